The van der Waals surface area contributed by atoms with Gasteiger partial charge < -0.3 is 9.64 Å². The van der Waals surface area contributed by atoms with Gasteiger partial charge in [0.1, 0.15) is 12.1 Å². The Morgan fingerprint density at radius 2 is 1.90 bits per heavy atom. The predicted octanol–water partition coefficient (Wildman–Crippen LogP) is 3.80. The summed E-state index contributed by atoms with van der Waals surface area (Å²) >= 11 is 0. The van der Waals surface area contributed by atoms with Crippen LogP contribution >= 0.6 is 0 Å². The molecule has 206 valence electrons. The first-order valence-corrected chi connectivity index (χ1v) is 13.2. The molecular formula is C28H37N9O2. The van der Waals surface area contributed by atoms with Crippen LogP contribution in [0.25, 0.3) is 28.2 Å². The van der Waals surface area contributed by atoms with Crippen molar-refractivity contribution in [1.82, 2.24) is 39.6 Å². The van der Waals surface area contributed by atoms with Crippen LogP contribution in [0.5, 0.6) is 0 Å². The molecule has 6 rings (SSSR count). The van der Waals surface area contributed by atoms with Crippen LogP contribution in [0.1, 0.15) is 27.7 Å². The summed E-state index contributed by atoms with van der Waals surface area (Å²) < 4.78 is 7.25. The second-order valence-corrected chi connectivity index (χ2v) is 10.4. The van der Waals surface area contributed by atoms with Crippen molar-refractivity contribution in [3.8, 4) is 22.5 Å². The van der Waals surface area contributed by atoms with E-state index >= 15 is 0 Å². The average Bonchev–Trinajstić information content (AvgIpc) is 3.74. The minimum absolute atomic E-state index is 0. The molecule has 2 fully saturated rings. The zero-order chi connectivity index (χ0) is 26.2. The zero-order valence-corrected chi connectivity index (χ0v) is 22.0. The molecule has 4 aromatic rings. The van der Waals surface area contributed by atoms with Gasteiger partial charge in [-0.2, -0.15) is 10.2 Å². The number of ether oxygens (including phenoxy) is 1. The molecular weight excluding hydrogens is 494 g/mol. The van der Waals surface area contributed by atoms with Crippen molar-refractivity contribution >= 4 is 17.5 Å². The molecule has 1 N–H and O–H groups in total. The summed E-state index contributed by atoms with van der Waals surface area (Å²) in [6.45, 7) is 8.52. The Labute approximate surface area is 228 Å². The number of urea groups is 1. The lowest BCUT2D eigenvalue weighted by Crippen LogP contribution is -2.39. The standard InChI is InChI=1S/C27H33N9O2.CH4/c1-18(2)23-16-34(13-12-33-10-8-21(15-33)38-3)27(37)36(23)24-9-11-35-26(31-24)22(14-30-35)19-4-6-20(7-5-19)25-28-17-29-32-25;/h4-7,9,11,14,17-18,21,23H,8,10,12-13,15-16H2,1-3H3,(H,28,29,32);1H4/t21-,23-;/m1./s1. The Bertz CT molecular complexity index is 1400. The van der Waals surface area contributed by atoms with Crippen LogP contribution in [0.3, 0.4) is 0 Å². The minimum atomic E-state index is 0. The summed E-state index contributed by atoms with van der Waals surface area (Å²) in [5.41, 5.74) is 3.56. The fraction of sp³-hybridized carbons (Fsp3) is 0.464. The third kappa shape index (κ3) is 5.11. The monoisotopic (exact) mass is 531 g/mol. The van der Waals surface area contributed by atoms with Crippen molar-refractivity contribution in [2.24, 2.45) is 5.92 Å². The molecule has 0 bridgehead atoms. The molecule has 1 aromatic carbocycles. The Morgan fingerprint density at radius 3 is 2.59 bits per heavy atom. The van der Waals surface area contributed by atoms with Gasteiger partial charge in [0.15, 0.2) is 11.5 Å². The number of hydrogen-bond acceptors (Lipinski definition) is 7. The number of nitrogens with one attached hydrogen (secondary N) is 1. The number of likely N-dealkylation sites (tertiary alicyclic amines) is 1. The van der Waals surface area contributed by atoms with E-state index in [0.29, 0.717) is 36.6 Å². The van der Waals surface area contributed by atoms with Gasteiger partial charge in [-0.25, -0.2) is 19.3 Å². The van der Waals surface area contributed by atoms with Crippen molar-refractivity contribution in [1.29, 1.82) is 0 Å². The van der Waals surface area contributed by atoms with Gasteiger partial charge in [0, 0.05) is 57.2 Å². The predicted molar refractivity (Wildman–Crippen MR) is 150 cm³/mol. The van der Waals surface area contributed by atoms with E-state index in [2.05, 4.69) is 39.0 Å². The van der Waals surface area contributed by atoms with E-state index in [-0.39, 0.29) is 19.5 Å². The number of carbonyl (C=O) groups is 1. The number of aromatic amines is 1. The molecule has 2 atom stereocenters. The van der Waals surface area contributed by atoms with Gasteiger partial charge in [-0.1, -0.05) is 45.5 Å². The largest absolute Gasteiger partial charge is 0.380 e. The third-order valence-electron chi connectivity index (χ3n) is 7.72. The van der Waals surface area contributed by atoms with Gasteiger partial charge >= 0.3 is 6.03 Å². The molecule has 2 amide bonds. The fourth-order valence-corrected chi connectivity index (χ4v) is 5.45. The van der Waals surface area contributed by atoms with Gasteiger partial charge in [0.25, 0.3) is 0 Å². The lowest BCUT2D eigenvalue weighted by Gasteiger charge is -2.25. The molecule has 2 saturated heterocycles. The smallest absolute Gasteiger partial charge is 0.326 e. The Balaban J connectivity index is 0.00000308. The highest BCUT2D eigenvalue weighted by Gasteiger charge is 2.40. The average molecular weight is 532 g/mol. The normalized spacial score (nSPS) is 19.9. The minimum Gasteiger partial charge on any atom is -0.380 e. The number of methoxy groups -OCH3 is 1. The van der Waals surface area contributed by atoms with Crippen molar-refractivity contribution in [2.45, 2.75) is 39.8 Å². The van der Waals surface area contributed by atoms with Gasteiger partial charge in [-0.15, -0.1) is 0 Å². The fourth-order valence-electron chi connectivity index (χ4n) is 5.45. The van der Waals surface area contributed by atoms with E-state index in [1.165, 1.54) is 6.33 Å². The number of hydrogen-bond donors (Lipinski definition) is 1. The van der Waals surface area contributed by atoms with Crippen molar-refractivity contribution in [3.63, 3.8) is 0 Å². The number of aromatic nitrogens is 6. The van der Waals surface area contributed by atoms with Crippen LogP contribution in [0.15, 0.2) is 49.1 Å². The molecule has 0 saturated carbocycles. The molecule has 0 unspecified atom stereocenters. The molecule has 0 radical (unpaired) electrons. The summed E-state index contributed by atoms with van der Waals surface area (Å²) in [5.74, 6) is 1.67. The maximum absolute atomic E-state index is 13.7. The van der Waals surface area contributed by atoms with Gasteiger partial charge in [-0.3, -0.25) is 14.9 Å². The number of fused-ring (bicyclic) bond motifs is 1. The summed E-state index contributed by atoms with van der Waals surface area (Å²) in [6.07, 6.45) is 6.53. The first-order valence-electron chi connectivity index (χ1n) is 13.2. The first kappa shape index (κ1) is 26.8. The number of nitrogens with zero attached hydrogens (tertiary/aromatic N) is 8. The highest BCUT2D eigenvalue weighted by atomic mass is 16.5. The van der Waals surface area contributed by atoms with Gasteiger partial charge in [0.2, 0.25) is 0 Å². The topological polar surface area (TPSA) is 108 Å². The molecule has 2 aliphatic rings. The Hall–Kier alpha value is -3.83. The van der Waals surface area contributed by atoms with Crippen LogP contribution in [0, 0.1) is 5.92 Å². The summed E-state index contributed by atoms with van der Waals surface area (Å²) in [5, 5.41) is 11.3. The lowest BCUT2D eigenvalue weighted by molar-refractivity contribution is 0.107. The number of H-pyrrole nitrogens is 1. The Kier molecular flexibility index (Phi) is 7.62. The second kappa shape index (κ2) is 11.1. The summed E-state index contributed by atoms with van der Waals surface area (Å²) in [6, 6.07) is 9.99. The molecule has 2 aliphatic heterocycles. The van der Waals surface area contributed by atoms with Crippen molar-refractivity contribution < 1.29 is 9.53 Å². The quantitative estimate of drug-likeness (QED) is 0.368. The van der Waals surface area contributed by atoms with E-state index < -0.39 is 0 Å². The van der Waals surface area contributed by atoms with E-state index in [1.54, 1.807) is 11.6 Å². The van der Waals surface area contributed by atoms with E-state index in [4.69, 9.17) is 9.72 Å². The van der Waals surface area contributed by atoms with Crippen molar-refractivity contribution in [2.75, 3.05) is 44.7 Å². The molecule has 11 heteroatoms. The van der Waals surface area contributed by atoms with Crippen LogP contribution in [0.4, 0.5) is 10.6 Å². The number of benzene rings is 1. The zero-order valence-electron chi connectivity index (χ0n) is 22.0. The molecule has 5 heterocycles. The highest BCUT2D eigenvalue weighted by molar-refractivity contribution is 5.94. The maximum Gasteiger partial charge on any atom is 0.326 e. The summed E-state index contributed by atoms with van der Waals surface area (Å²) in [4.78, 5) is 29.1. The van der Waals surface area contributed by atoms with Crippen molar-refractivity contribution in [3.05, 3.63) is 49.1 Å². The number of rotatable bonds is 8. The van der Waals surface area contributed by atoms with Crippen LogP contribution in [-0.2, 0) is 4.74 Å². The number of carbonyl (C=O) groups excluding carboxylic acids is 1. The lowest BCUT2D eigenvalue weighted by atomic mass is 10.0. The van der Waals surface area contributed by atoms with E-state index in [9.17, 15) is 4.79 Å². The van der Waals surface area contributed by atoms with Gasteiger partial charge in [-0.05, 0) is 24.0 Å². The van der Waals surface area contributed by atoms with Crippen LogP contribution in [-0.4, -0.2) is 97.6 Å². The van der Waals surface area contributed by atoms with Crippen LogP contribution in [0.2, 0.25) is 0 Å². The highest BCUT2D eigenvalue weighted by Crippen LogP contribution is 2.31. The van der Waals surface area contributed by atoms with E-state index in [1.807, 2.05) is 52.5 Å². The molecule has 11 nitrogen and oxygen atoms in total. The summed E-state index contributed by atoms with van der Waals surface area (Å²) in [7, 11) is 1.77. The van der Waals surface area contributed by atoms with Crippen LogP contribution < -0.4 is 4.90 Å². The molecule has 0 spiro atoms. The molecule has 3 aromatic heterocycles. The Morgan fingerprint density at radius 1 is 1.10 bits per heavy atom. The molecule has 39 heavy (non-hydrogen) atoms. The number of anilines is 1. The maximum atomic E-state index is 13.7. The second-order valence-electron chi connectivity index (χ2n) is 10.4. The molecule has 0 aliphatic carbocycles. The van der Waals surface area contributed by atoms with E-state index in [0.717, 1.165) is 48.6 Å². The SMILES string of the molecule is C.CO[C@@H]1CCN(CCN2C[C@H](C(C)C)N(c3ccn4ncc(-c5ccc(-c6ncn[nH]6)cc5)c4n3)C2=O)C1. The number of amides is 2. The first-order chi connectivity index (χ1) is 18.5. The third-order valence-corrected chi connectivity index (χ3v) is 7.72. The van der Waals surface area contributed by atoms with Gasteiger partial charge in [0.05, 0.1) is 18.3 Å².